The number of alkyl halides is 3. The Hall–Kier alpha value is -3.31. The Kier molecular flexibility index (Phi) is 8.72. The average molecular weight is 480 g/mol. The van der Waals surface area contributed by atoms with Crippen LogP contribution >= 0.6 is 0 Å². The van der Waals surface area contributed by atoms with Crippen LogP contribution in [-0.4, -0.2) is 69.5 Å². The second-order valence-corrected chi connectivity index (χ2v) is 7.80. The largest absolute Gasteiger partial charge is 0.573 e. The number of amides is 2. The van der Waals surface area contributed by atoms with Gasteiger partial charge < -0.3 is 25.0 Å². The van der Waals surface area contributed by atoms with E-state index in [2.05, 4.69) is 20.3 Å². The summed E-state index contributed by atoms with van der Waals surface area (Å²) in [5.74, 6) is -1.10. The number of hydrogen-bond donors (Lipinski definition) is 2. The maximum atomic E-state index is 12.5. The number of halogens is 3. The Morgan fingerprint density at radius 2 is 1.68 bits per heavy atom. The maximum absolute atomic E-state index is 12.5. The van der Waals surface area contributed by atoms with E-state index in [0.29, 0.717) is 18.9 Å². The van der Waals surface area contributed by atoms with Crippen molar-refractivity contribution in [1.29, 1.82) is 0 Å². The molecular formula is C23H27F3N4O4. The summed E-state index contributed by atoms with van der Waals surface area (Å²) in [5, 5.41) is 5.33. The highest BCUT2D eigenvalue weighted by atomic mass is 19.4. The Balaban J connectivity index is 1.42. The predicted molar refractivity (Wildman–Crippen MR) is 121 cm³/mol. The van der Waals surface area contributed by atoms with Gasteiger partial charge in [-0.1, -0.05) is 18.2 Å². The molecule has 11 heteroatoms. The number of carbonyl (C=O) groups excluding carboxylic acids is 2. The highest BCUT2D eigenvalue weighted by Gasteiger charge is 2.32. The summed E-state index contributed by atoms with van der Waals surface area (Å²) < 4.78 is 46.9. The molecule has 2 aromatic rings. The van der Waals surface area contributed by atoms with E-state index in [9.17, 15) is 22.8 Å². The SMILES string of the molecule is CN(CC(=O)NCc1ccccc1OC(F)(F)F)CC(=O)Nc1ccc(N2CCOCC2)cc1. The van der Waals surface area contributed by atoms with Gasteiger partial charge in [0.2, 0.25) is 11.8 Å². The van der Waals surface area contributed by atoms with Crippen LogP contribution in [-0.2, 0) is 20.9 Å². The molecule has 8 nitrogen and oxygen atoms in total. The van der Waals surface area contributed by atoms with Crippen LogP contribution < -0.4 is 20.3 Å². The number of ether oxygens (including phenoxy) is 2. The summed E-state index contributed by atoms with van der Waals surface area (Å²) in [6.07, 6.45) is -4.82. The number of carbonyl (C=O) groups is 2. The first-order valence-electron chi connectivity index (χ1n) is 10.7. The molecule has 0 saturated carbocycles. The molecule has 1 saturated heterocycles. The second-order valence-electron chi connectivity index (χ2n) is 7.80. The summed E-state index contributed by atoms with van der Waals surface area (Å²) >= 11 is 0. The van der Waals surface area contributed by atoms with Crippen LogP contribution in [0.25, 0.3) is 0 Å². The molecule has 34 heavy (non-hydrogen) atoms. The zero-order valence-corrected chi connectivity index (χ0v) is 18.7. The van der Waals surface area contributed by atoms with Gasteiger partial charge in [-0.15, -0.1) is 13.2 Å². The summed E-state index contributed by atoms with van der Waals surface area (Å²) in [5.41, 5.74) is 1.88. The topological polar surface area (TPSA) is 83.1 Å². The normalized spacial score (nSPS) is 14.1. The number of hydrogen-bond acceptors (Lipinski definition) is 6. The monoisotopic (exact) mass is 480 g/mol. The molecule has 2 N–H and O–H groups in total. The minimum atomic E-state index is -4.82. The van der Waals surface area contributed by atoms with Crippen molar-refractivity contribution in [3.05, 3.63) is 54.1 Å². The number of nitrogens with zero attached hydrogens (tertiary/aromatic N) is 2. The molecule has 2 amide bonds. The van der Waals surface area contributed by atoms with Gasteiger partial charge in [0.15, 0.2) is 0 Å². The molecule has 0 radical (unpaired) electrons. The zero-order chi connectivity index (χ0) is 24.6. The lowest BCUT2D eigenvalue weighted by Gasteiger charge is -2.28. The van der Waals surface area contributed by atoms with Crippen molar-refractivity contribution in [2.45, 2.75) is 12.9 Å². The fraction of sp³-hybridized carbons (Fsp3) is 0.391. The molecular weight excluding hydrogens is 453 g/mol. The van der Waals surface area contributed by atoms with E-state index in [1.54, 1.807) is 13.1 Å². The molecule has 3 rings (SSSR count). The summed E-state index contributed by atoms with van der Waals surface area (Å²) in [4.78, 5) is 28.2. The number of benzene rings is 2. The fourth-order valence-electron chi connectivity index (χ4n) is 3.45. The molecule has 2 aromatic carbocycles. The Morgan fingerprint density at radius 3 is 2.35 bits per heavy atom. The first-order valence-corrected chi connectivity index (χ1v) is 10.7. The van der Waals surface area contributed by atoms with Crippen molar-refractivity contribution in [3.63, 3.8) is 0 Å². The van der Waals surface area contributed by atoms with E-state index in [1.165, 1.54) is 23.1 Å². The number of likely N-dealkylation sites (N-methyl/N-ethyl adjacent to an activating group) is 1. The molecule has 0 spiro atoms. The Labute approximate surface area is 195 Å². The van der Waals surface area contributed by atoms with Crippen LogP contribution in [0.4, 0.5) is 24.5 Å². The minimum absolute atomic E-state index is 0.0353. The number of rotatable bonds is 9. The van der Waals surface area contributed by atoms with Crippen molar-refractivity contribution in [1.82, 2.24) is 10.2 Å². The first kappa shape index (κ1) is 25.3. The van der Waals surface area contributed by atoms with E-state index in [-0.39, 0.29) is 36.9 Å². The van der Waals surface area contributed by atoms with Gasteiger partial charge in [0.05, 0.1) is 26.3 Å². The van der Waals surface area contributed by atoms with Crippen LogP contribution in [0.2, 0.25) is 0 Å². The molecule has 1 aliphatic rings. The molecule has 1 aliphatic heterocycles. The van der Waals surface area contributed by atoms with Crippen molar-refractivity contribution in [2.24, 2.45) is 0 Å². The summed E-state index contributed by atoms with van der Waals surface area (Å²) in [7, 11) is 1.60. The zero-order valence-electron chi connectivity index (χ0n) is 18.7. The van der Waals surface area contributed by atoms with Crippen LogP contribution in [0.5, 0.6) is 5.75 Å². The first-order chi connectivity index (χ1) is 16.2. The Morgan fingerprint density at radius 1 is 1.03 bits per heavy atom. The summed E-state index contributed by atoms with van der Waals surface area (Å²) in [6, 6.07) is 13.1. The van der Waals surface area contributed by atoms with E-state index >= 15 is 0 Å². The highest BCUT2D eigenvalue weighted by Crippen LogP contribution is 2.26. The van der Waals surface area contributed by atoms with Crippen LogP contribution in [0.3, 0.4) is 0 Å². The maximum Gasteiger partial charge on any atom is 0.573 e. The van der Waals surface area contributed by atoms with Gasteiger partial charge in [0.25, 0.3) is 0 Å². The minimum Gasteiger partial charge on any atom is -0.405 e. The smallest absolute Gasteiger partial charge is 0.405 e. The molecule has 0 aliphatic carbocycles. The lowest BCUT2D eigenvalue weighted by Crippen LogP contribution is -2.38. The third-order valence-electron chi connectivity index (χ3n) is 5.03. The van der Waals surface area contributed by atoms with E-state index in [1.807, 2.05) is 24.3 Å². The van der Waals surface area contributed by atoms with Gasteiger partial charge in [-0.05, 0) is 37.4 Å². The molecule has 0 atom stereocenters. The van der Waals surface area contributed by atoms with Crippen LogP contribution in [0.1, 0.15) is 5.56 Å². The lowest BCUT2D eigenvalue weighted by atomic mass is 10.2. The third-order valence-corrected chi connectivity index (χ3v) is 5.03. The molecule has 184 valence electrons. The number of anilines is 2. The molecule has 1 fully saturated rings. The van der Waals surface area contributed by atoms with Gasteiger partial charge in [0.1, 0.15) is 5.75 Å². The van der Waals surface area contributed by atoms with Crippen molar-refractivity contribution in [2.75, 3.05) is 56.7 Å². The standard InChI is InChI=1S/C23H27F3N4O4/c1-29(15-21(31)27-14-17-4-2-3-5-20(17)34-23(24,25)26)16-22(32)28-18-6-8-19(9-7-18)30-10-12-33-13-11-30/h2-9H,10-16H2,1H3,(H,27,31)(H,28,32). The predicted octanol–water partition coefficient (Wildman–Crippen LogP) is 2.61. The lowest BCUT2D eigenvalue weighted by molar-refractivity contribution is -0.274. The fourth-order valence-corrected chi connectivity index (χ4v) is 3.45. The van der Waals surface area contributed by atoms with E-state index < -0.39 is 12.3 Å². The average Bonchev–Trinajstić information content (AvgIpc) is 2.78. The van der Waals surface area contributed by atoms with Gasteiger partial charge in [0, 0.05) is 36.6 Å². The van der Waals surface area contributed by atoms with Gasteiger partial charge in [-0.3, -0.25) is 14.5 Å². The third kappa shape index (κ3) is 8.23. The van der Waals surface area contributed by atoms with Gasteiger partial charge >= 0.3 is 6.36 Å². The number of nitrogens with one attached hydrogen (secondary N) is 2. The van der Waals surface area contributed by atoms with Crippen molar-refractivity contribution in [3.8, 4) is 5.75 Å². The van der Waals surface area contributed by atoms with Gasteiger partial charge in [-0.25, -0.2) is 0 Å². The van der Waals surface area contributed by atoms with E-state index in [4.69, 9.17) is 4.74 Å². The second kappa shape index (κ2) is 11.7. The van der Waals surface area contributed by atoms with Crippen LogP contribution in [0, 0.1) is 0 Å². The molecule has 0 bridgehead atoms. The van der Waals surface area contributed by atoms with E-state index in [0.717, 1.165) is 18.8 Å². The molecule has 0 aromatic heterocycles. The summed E-state index contributed by atoms with van der Waals surface area (Å²) in [6.45, 7) is 2.73. The molecule has 0 unspecified atom stereocenters. The van der Waals surface area contributed by atoms with Gasteiger partial charge in [-0.2, -0.15) is 0 Å². The van der Waals surface area contributed by atoms with Crippen molar-refractivity contribution >= 4 is 23.2 Å². The number of morpholine rings is 1. The Bertz CT molecular complexity index is 963. The quantitative estimate of drug-likeness (QED) is 0.574. The molecule has 1 heterocycles. The van der Waals surface area contributed by atoms with Crippen LogP contribution in [0.15, 0.2) is 48.5 Å². The highest BCUT2D eigenvalue weighted by molar-refractivity contribution is 5.92. The number of para-hydroxylation sites is 1. The van der Waals surface area contributed by atoms with Crippen molar-refractivity contribution < 1.29 is 32.2 Å².